The fourth-order valence-electron chi connectivity index (χ4n) is 7.12. The Bertz CT molecular complexity index is 1860. The molecule has 0 saturated carbocycles. The zero-order valence-corrected chi connectivity index (χ0v) is 42.5. The van der Waals surface area contributed by atoms with Crippen LogP contribution in [0, 0.1) is 0 Å². The Labute approximate surface area is 408 Å². The number of phosphoric ester groups is 2. The van der Waals surface area contributed by atoms with Crippen molar-refractivity contribution in [3.05, 3.63) is 71.4 Å². The zero-order chi connectivity index (χ0) is 50.8. The lowest BCUT2D eigenvalue weighted by molar-refractivity contribution is -0.161. The number of rotatable bonds is 40. The van der Waals surface area contributed by atoms with Gasteiger partial charge in [-0.25, -0.2) is 13.9 Å². The van der Waals surface area contributed by atoms with Crippen LogP contribution in [0.1, 0.15) is 168 Å². The monoisotopic (exact) mass is 1020 g/mol. The van der Waals surface area contributed by atoms with Gasteiger partial charge in [-0.2, -0.15) is 9.29 Å². The molecule has 7 N–H and O–H groups in total. The van der Waals surface area contributed by atoms with Crippen molar-refractivity contribution in [1.82, 2.24) is 9.55 Å². The highest BCUT2D eigenvalue weighted by Gasteiger charge is 2.46. The molecule has 2 heterocycles. The summed E-state index contributed by atoms with van der Waals surface area (Å²) in [6.07, 6.45) is 29.5. The van der Waals surface area contributed by atoms with Crippen molar-refractivity contribution in [3.63, 3.8) is 0 Å². The molecule has 21 heteroatoms. The summed E-state index contributed by atoms with van der Waals surface area (Å²) in [7, 11) is -10.9. The van der Waals surface area contributed by atoms with Crippen molar-refractivity contribution < 1.29 is 71.4 Å². The molecular weight excluding hydrogens is 936 g/mol. The molecule has 0 bridgehead atoms. The van der Waals surface area contributed by atoms with Crippen LogP contribution in [0.2, 0.25) is 0 Å². The number of nitrogens with two attached hydrogens (primary N) is 1. The van der Waals surface area contributed by atoms with E-state index < -0.39 is 89.8 Å². The lowest BCUT2D eigenvalue weighted by Crippen LogP contribution is -2.36. The fraction of sp³-hybridized carbons (Fsp3) is 0.708. The number of carbonyl (C=O) groups excluding carboxylic acids is 2. The zero-order valence-electron chi connectivity index (χ0n) is 40.7. The summed E-state index contributed by atoms with van der Waals surface area (Å²) in [5.41, 5.74) is 4.58. The van der Waals surface area contributed by atoms with Crippen LogP contribution in [0.25, 0.3) is 0 Å². The predicted octanol–water partition coefficient (Wildman–Crippen LogP) is 8.75. The van der Waals surface area contributed by atoms with Gasteiger partial charge >= 0.3 is 33.3 Å². The summed E-state index contributed by atoms with van der Waals surface area (Å²) < 4.78 is 56.6. The van der Waals surface area contributed by atoms with E-state index in [0.717, 1.165) is 68.6 Å². The van der Waals surface area contributed by atoms with Gasteiger partial charge in [0.15, 0.2) is 12.3 Å². The first kappa shape index (κ1) is 61.8. The van der Waals surface area contributed by atoms with Gasteiger partial charge in [0.05, 0.1) is 19.3 Å². The molecule has 1 aliphatic heterocycles. The van der Waals surface area contributed by atoms with Crippen LogP contribution in [0.5, 0.6) is 0 Å². The lowest BCUT2D eigenvalue weighted by atomic mass is 10.0. The summed E-state index contributed by atoms with van der Waals surface area (Å²) >= 11 is 0. The van der Waals surface area contributed by atoms with Gasteiger partial charge in [0.1, 0.15) is 30.7 Å². The maximum atomic E-state index is 12.8. The first-order valence-corrected chi connectivity index (χ1v) is 27.7. The van der Waals surface area contributed by atoms with E-state index >= 15 is 0 Å². The average molecular weight is 1020 g/mol. The molecule has 1 aliphatic rings. The first-order chi connectivity index (χ1) is 33.1. The summed E-state index contributed by atoms with van der Waals surface area (Å²) in [6.45, 7) is 1.96. The van der Waals surface area contributed by atoms with E-state index in [4.69, 9.17) is 29.0 Å². The number of allylic oxidation sites excluding steroid dienone is 7. The van der Waals surface area contributed by atoms with Gasteiger partial charge in [0, 0.05) is 19.0 Å². The summed E-state index contributed by atoms with van der Waals surface area (Å²) in [4.78, 5) is 61.8. The molecule has 0 aliphatic carbocycles. The van der Waals surface area contributed by atoms with Crippen molar-refractivity contribution >= 4 is 33.4 Å². The van der Waals surface area contributed by atoms with E-state index in [0.29, 0.717) is 25.7 Å². The lowest BCUT2D eigenvalue weighted by Gasteiger charge is -2.21. The van der Waals surface area contributed by atoms with Crippen LogP contribution >= 0.6 is 15.6 Å². The minimum Gasteiger partial charge on any atom is -0.462 e. The first-order valence-electron chi connectivity index (χ1n) is 24.8. The Kier molecular flexibility index (Phi) is 32.8. The highest BCUT2D eigenvalue weighted by Crippen LogP contribution is 2.60. The molecule has 0 radical (unpaired) electrons. The van der Waals surface area contributed by atoms with E-state index in [1.807, 2.05) is 42.5 Å². The summed E-state index contributed by atoms with van der Waals surface area (Å²) in [5.74, 6) is -1.39. The highest BCUT2D eigenvalue weighted by molar-refractivity contribution is 7.61. The van der Waals surface area contributed by atoms with E-state index in [-0.39, 0.29) is 18.7 Å². The van der Waals surface area contributed by atoms with Crippen LogP contribution in [0.3, 0.4) is 0 Å². The third-order valence-electron chi connectivity index (χ3n) is 11.0. The summed E-state index contributed by atoms with van der Waals surface area (Å²) in [6, 6.07) is 1.24. The van der Waals surface area contributed by atoms with Crippen molar-refractivity contribution in [3.8, 4) is 0 Å². The topological polar surface area (TPSA) is 286 Å². The third kappa shape index (κ3) is 29.6. The molecule has 19 nitrogen and oxygen atoms in total. The SMILES string of the molecule is CCCCCCCCCCCCCCCC(=O)O[C@H](COC(=O)CCC/C=C\C/C=C\C/C=C\C=C\[C@H](O)CCCCC)COP(=O)(O)OP(=O)(O)OC[C@H]1O[C@@H](n2ccc(N)nc2=O)[C@H](O)[C@@H]1O. The smallest absolute Gasteiger partial charge is 0.462 e. The van der Waals surface area contributed by atoms with Gasteiger partial charge in [-0.05, 0) is 44.6 Å². The fourth-order valence-corrected chi connectivity index (χ4v) is 9.23. The highest BCUT2D eigenvalue weighted by atomic mass is 31.3. The van der Waals surface area contributed by atoms with Crippen molar-refractivity contribution in [2.45, 2.75) is 198 Å². The second kappa shape index (κ2) is 36.6. The van der Waals surface area contributed by atoms with Crippen molar-refractivity contribution in [2.75, 3.05) is 25.6 Å². The van der Waals surface area contributed by atoms with Crippen molar-refractivity contribution in [2.24, 2.45) is 0 Å². The molecule has 69 heavy (non-hydrogen) atoms. The standard InChI is InChI=1S/C48H81N3O16P2/c1-3-5-7-8-9-10-11-12-15-19-22-25-29-33-44(54)65-40(36-62-43(53)32-28-24-21-18-16-13-14-17-20-23-27-31-39(52)30-26-6-4-2)37-63-68(58,59)67-69(60,61)64-38-41-45(55)46(56)47(66-41)51-35-34-42(49)50-48(51)57/h13-14,18,20-21,23,27,31,34-35,39-41,45-47,52,55-56H,3-12,15-17,19,22,24-26,28-30,32-33,36-38H2,1-2H3,(H,58,59)(H,60,61)(H2,49,50,57)/b14-13-,21-18-,23-20-,31-27+/t39-,40-,41-,45-,46-,47-/m1/s1. The molecule has 1 aromatic heterocycles. The van der Waals surface area contributed by atoms with Crippen LogP contribution in [0.15, 0.2) is 65.7 Å². The number of carbonyl (C=O) groups is 2. The quantitative estimate of drug-likeness (QED) is 0.0118. The number of esters is 2. The molecule has 2 rings (SSSR count). The predicted molar refractivity (Wildman–Crippen MR) is 262 cm³/mol. The largest absolute Gasteiger partial charge is 0.481 e. The number of nitrogens with zero attached hydrogens (tertiary/aromatic N) is 2. The number of aliphatic hydroxyl groups is 3. The van der Waals surface area contributed by atoms with Gasteiger partial charge in [0.2, 0.25) is 0 Å². The third-order valence-corrected chi connectivity index (χ3v) is 13.6. The molecule has 1 aromatic rings. The number of unbranched alkanes of at least 4 members (excludes halogenated alkanes) is 15. The molecule has 8 atom stereocenters. The molecule has 0 spiro atoms. The van der Waals surface area contributed by atoms with E-state index in [9.17, 15) is 48.6 Å². The van der Waals surface area contributed by atoms with Crippen LogP contribution in [-0.2, 0) is 46.3 Å². The number of hydrogen-bond donors (Lipinski definition) is 6. The number of aromatic nitrogens is 2. The normalized spacial score (nSPS) is 20.2. The number of anilines is 1. The van der Waals surface area contributed by atoms with Crippen LogP contribution < -0.4 is 11.4 Å². The molecule has 1 saturated heterocycles. The molecule has 1 fully saturated rings. The average Bonchev–Trinajstić information content (AvgIpc) is 3.58. The Morgan fingerprint density at radius 2 is 1.35 bits per heavy atom. The minimum absolute atomic E-state index is 0.0309. The Morgan fingerprint density at radius 3 is 2.00 bits per heavy atom. The van der Waals surface area contributed by atoms with Gasteiger partial charge < -0.3 is 45.1 Å². The summed E-state index contributed by atoms with van der Waals surface area (Å²) in [5, 5.41) is 30.8. The molecular formula is C48H81N3O16P2. The number of ether oxygens (including phenoxy) is 3. The Morgan fingerprint density at radius 1 is 0.768 bits per heavy atom. The molecule has 394 valence electrons. The van der Waals surface area contributed by atoms with Crippen LogP contribution in [0.4, 0.5) is 5.82 Å². The number of phosphoric acid groups is 2. The maximum absolute atomic E-state index is 12.8. The van der Waals surface area contributed by atoms with Gasteiger partial charge in [-0.3, -0.25) is 23.2 Å². The van der Waals surface area contributed by atoms with Crippen LogP contribution in [-0.4, -0.2) is 96.9 Å². The Balaban J connectivity index is 1.84. The molecule has 2 unspecified atom stereocenters. The molecule has 0 amide bonds. The van der Waals surface area contributed by atoms with Gasteiger partial charge in [-0.1, -0.05) is 159 Å². The minimum atomic E-state index is -5.44. The Hall–Kier alpha value is -3.32. The van der Waals surface area contributed by atoms with Gasteiger partial charge in [-0.15, -0.1) is 0 Å². The second-order valence-electron chi connectivity index (χ2n) is 17.2. The van der Waals surface area contributed by atoms with E-state index in [1.54, 1.807) is 6.08 Å². The maximum Gasteiger partial charge on any atom is 0.481 e. The van der Waals surface area contributed by atoms with Gasteiger partial charge in [0.25, 0.3) is 0 Å². The van der Waals surface area contributed by atoms with E-state index in [2.05, 4.69) is 23.1 Å². The second-order valence-corrected chi connectivity index (χ2v) is 20.2. The van der Waals surface area contributed by atoms with E-state index in [1.165, 1.54) is 57.4 Å². The number of aliphatic hydroxyl groups excluding tert-OH is 3. The molecule has 0 aromatic carbocycles. The van der Waals surface area contributed by atoms with Crippen molar-refractivity contribution in [1.29, 1.82) is 0 Å². The number of nitrogen functional groups attached to an aromatic ring is 1. The number of hydrogen-bond acceptors (Lipinski definition) is 16.